The molecule has 1 aromatic carbocycles. The Kier molecular flexibility index (Phi) is 6.92. The molecule has 4 N–H and O–H groups in total. The van der Waals surface area contributed by atoms with Crippen molar-refractivity contribution >= 4 is 5.91 Å². The van der Waals surface area contributed by atoms with Crippen molar-refractivity contribution in [3.63, 3.8) is 0 Å². The van der Waals surface area contributed by atoms with Gasteiger partial charge in [-0.1, -0.05) is 12.1 Å². The van der Waals surface area contributed by atoms with Crippen LogP contribution in [-0.4, -0.2) is 36.8 Å². The Morgan fingerprint density at radius 3 is 2.74 bits per heavy atom. The van der Waals surface area contributed by atoms with Crippen LogP contribution < -0.4 is 11.1 Å². The zero-order valence-electron chi connectivity index (χ0n) is 11.3. The number of amides is 1. The summed E-state index contributed by atoms with van der Waals surface area (Å²) in [7, 11) is 0. The Balaban J connectivity index is 2.09. The lowest BCUT2D eigenvalue weighted by Gasteiger charge is -2.13. The molecule has 0 fully saturated rings. The summed E-state index contributed by atoms with van der Waals surface area (Å²) in [5.74, 6) is -0.151. The molecule has 0 saturated heterocycles. The monoisotopic (exact) mass is 266 g/mol. The Hall–Kier alpha value is -1.59. The molecule has 0 radical (unpaired) electrons. The van der Waals surface area contributed by atoms with E-state index in [1.807, 2.05) is 12.1 Å². The average Bonchev–Trinajstić information content (AvgIpc) is 2.37. The Morgan fingerprint density at radius 1 is 1.42 bits per heavy atom. The number of nitrogens with one attached hydrogen (secondary N) is 1. The third-order valence-electron chi connectivity index (χ3n) is 2.79. The van der Waals surface area contributed by atoms with Crippen molar-refractivity contribution in [1.29, 1.82) is 0 Å². The highest BCUT2D eigenvalue weighted by Gasteiger charge is 2.02. The van der Waals surface area contributed by atoms with E-state index in [0.717, 1.165) is 12.8 Å². The van der Waals surface area contributed by atoms with Crippen LogP contribution in [0.5, 0.6) is 5.75 Å². The lowest BCUT2D eigenvalue weighted by atomic mass is 10.1. The van der Waals surface area contributed by atoms with Crippen molar-refractivity contribution in [2.24, 2.45) is 5.73 Å². The van der Waals surface area contributed by atoms with Gasteiger partial charge < -0.3 is 20.9 Å². The molecule has 1 rings (SSSR count). The molecule has 0 aliphatic rings. The number of carbonyl (C=O) groups excluding carboxylic acids is 1. The minimum absolute atomic E-state index is 0.0242. The van der Waals surface area contributed by atoms with Crippen LogP contribution in [0.1, 0.15) is 18.9 Å². The minimum atomic E-state index is -0.444. The van der Waals surface area contributed by atoms with E-state index in [1.54, 1.807) is 12.1 Å². The van der Waals surface area contributed by atoms with Gasteiger partial charge in [0.15, 0.2) is 0 Å². The fourth-order valence-electron chi connectivity index (χ4n) is 1.70. The second kappa shape index (κ2) is 8.50. The standard InChI is InChI=1S/C14H22N2O3/c1-11(16-8-9-19-10-14(15)18)2-3-12-4-6-13(17)7-5-12/h4-7,11,16-17H,2-3,8-10H2,1H3,(H2,15,18). The smallest absolute Gasteiger partial charge is 0.243 e. The highest BCUT2D eigenvalue weighted by molar-refractivity contribution is 5.74. The maximum Gasteiger partial charge on any atom is 0.243 e. The van der Waals surface area contributed by atoms with E-state index >= 15 is 0 Å². The molecule has 0 heterocycles. The number of hydrogen-bond acceptors (Lipinski definition) is 4. The van der Waals surface area contributed by atoms with Crippen molar-refractivity contribution in [2.45, 2.75) is 25.8 Å². The first-order valence-electron chi connectivity index (χ1n) is 6.45. The molecule has 0 aliphatic heterocycles. The van der Waals surface area contributed by atoms with Crippen LogP contribution in [0.3, 0.4) is 0 Å². The van der Waals surface area contributed by atoms with Crippen molar-refractivity contribution in [3.8, 4) is 5.75 Å². The number of nitrogens with two attached hydrogens (primary N) is 1. The highest BCUT2D eigenvalue weighted by Crippen LogP contribution is 2.11. The van der Waals surface area contributed by atoms with Gasteiger partial charge in [-0.15, -0.1) is 0 Å². The van der Waals surface area contributed by atoms with Crippen LogP contribution in [0.2, 0.25) is 0 Å². The first-order chi connectivity index (χ1) is 9.08. The van der Waals surface area contributed by atoms with Crippen LogP contribution in [0.15, 0.2) is 24.3 Å². The molecule has 0 spiro atoms. The fraction of sp³-hybridized carbons (Fsp3) is 0.500. The maximum absolute atomic E-state index is 10.4. The SMILES string of the molecule is CC(CCc1ccc(O)cc1)NCCOCC(N)=O. The van der Waals surface area contributed by atoms with Gasteiger partial charge in [0.2, 0.25) is 5.91 Å². The number of phenols is 1. The molecule has 5 heteroatoms. The van der Waals surface area contributed by atoms with Gasteiger partial charge in [0.05, 0.1) is 6.61 Å². The molecule has 19 heavy (non-hydrogen) atoms. The number of carbonyl (C=O) groups is 1. The maximum atomic E-state index is 10.4. The summed E-state index contributed by atoms with van der Waals surface area (Å²) in [6.07, 6.45) is 1.96. The van der Waals surface area contributed by atoms with Crippen molar-refractivity contribution < 1.29 is 14.6 Å². The quantitative estimate of drug-likeness (QED) is 0.577. The summed E-state index contributed by atoms with van der Waals surface area (Å²) in [5, 5.41) is 12.5. The van der Waals surface area contributed by atoms with Crippen LogP contribution in [0.4, 0.5) is 0 Å². The number of phenolic OH excluding ortho intramolecular Hbond substituents is 1. The Morgan fingerprint density at radius 2 is 2.11 bits per heavy atom. The summed E-state index contributed by atoms with van der Waals surface area (Å²) in [6, 6.07) is 7.62. The predicted octanol–water partition coefficient (Wildman–Crippen LogP) is 0.805. The van der Waals surface area contributed by atoms with Gasteiger partial charge >= 0.3 is 0 Å². The summed E-state index contributed by atoms with van der Waals surface area (Å²) >= 11 is 0. The van der Waals surface area contributed by atoms with E-state index in [1.165, 1.54) is 5.56 Å². The zero-order chi connectivity index (χ0) is 14.1. The number of hydrogen-bond donors (Lipinski definition) is 3. The Bertz CT molecular complexity index is 379. The minimum Gasteiger partial charge on any atom is -0.508 e. The van der Waals surface area contributed by atoms with Gasteiger partial charge in [-0.25, -0.2) is 0 Å². The average molecular weight is 266 g/mol. The van der Waals surface area contributed by atoms with E-state index in [0.29, 0.717) is 24.9 Å². The van der Waals surface area contributed by atoms with Gasteiger partial charge in [0, 0.05) is 12.6 Å². The summed E-state index contributed by atoms with van der Waals surface area (Å²) in [6.45, 7) is 3.26. The molecule has 1 aromatic rings. The van der Waals surface area contributed by atoms with E-state index in [4.69, 9.17) is 10.5 Å². The molecule has 106 valence electrons. The van der Waals surface area contributed by atoms with Crippen molar-refractivity contribution in [1.82, 2.24) is 5.32 Å². The van der Waals surface area contributed by atoms with Crippen LogP contribution in [0.25, 0.3) is 0 Å². The predicted molar refractivity (Wildman–Crippen MR) is 73.9 cm³/mol. The molecule has 1 atom stereocenters. The number of rotatable bonds is 9. The molecule has 1 unspecified atom stereocenters. The summed E-state index contributed by atoms with van der Waals surface area (Å²) in [5.41, 5.74) is 6.16. The molecular formula is C14H22N2O3. The molecule has 5 nitrogen and oxygen atoms in total. The molecule has 1 amide bonds. The van der Waals surface area contributed by atoms with Gasteiger partial charge in [-0.05, 0) is 37.5 Å². The van der Waals surface area contributed by atoms with Gasteiger partial charge in [-0.2, -0.15) is 0 Å². The van der Waals surface area contributed by atoms with E-state index in [9.17, 15) is 9.90 Å². The number of benzene rings is 1. The van der Waals surface area contributed by atoms with Gasteiger partial charge in [0.1, 0.15) is 12.4 Å². The first-order valence-corrected chi connectivity index (χ1v) is 6.45. The lowest BCUT2D eigenvalue weighted by Crippen LogP contribution is -2.31. The summed E-state index contributed by atoms with van der Waals surface area (Å²) < 4.78 is 5.06. The highest BCUT2D eigenvalue weighted by atomic mass is 16.5. The molecule has 0 bridgehead atoms. The normalized spacial score (nSPS) is 12.3. The lowest BCUT2D eigenvalue weighted by molar-refractivity contribution is -0.122. The van der Waals surface area contributed by atoms with Crippen LogP contribution >= 0.6 is 0 Å². The topological polar surface area (TPSA) is 84.6 Å². The third kappa shape index (κ3) is 7.43. The van der Waals surface area contributed by atoms with E-state index < -0.39 is 5.91 Å². The van der Waals surface area contributed by atoms with Gasteiger partial charge in [-0.3, -0.25) is 4.79 Å². The molecule has 0 aliphatic carbocycles. The number of ether oxygens (including phenoxy) is 1. The fourth-order valence-corrected chi connectivity index (χ4v) is 1.70. The van der Waals surface area contributed by atoms with Crippen LogP contribution in [-0.2, 0) is 16.0 Å². The molecule has 0 saturated carbocycles. The second-order valence-corrected chi connectivity index (χ2v) is 4.58. The molecule has 0 aromatic heterocycles. The number of aryl methyl sites for hydroxylation is 1. The van der Waals surface area contributed by atoms with E-state index in [2.05, 4.69) is 12.2 Å². The van der Waals surface area contributed by atoms with Crippen LogP contribution in [0, 0.1) is 0 Å². The zero-order valence-corrected chi connectivity index (χ0v) is 11.3. The third-order valence-corrected chi connectivity index (χ3v) is 2.79. The van der Waals surface area contributed by atoms with E-state index in [-0.39, 0.29) is 6.61 Å². The Labute approximate surface area is 113 Å². The van der Waals surface area contributed by atoms with Crippen molar-refractivity contribution in [3.05, 3.63) is 29.8 Å². The first kappa shape index (κ1) is 15.5. The number of primary amides is 1. The summed E-state index contributed by atoms with van der Waals surface area (Å²) in [4.78, 5) is 10.4. The largest absolute Gasteiger partial charge is 0.508 e. The van der Waals surface area contributed by atoms with Gasteiger partial charge in [0.25, 0.3) is 0 Å². The van der Waals surface area contributed by atoms with Crippen molar-refractivity contribution in [2.75, 3.05) is 19.8 Å². The number of aromatic hydroxyl groups is 1. The second-order valence-electron chi connectivity index (χ2n) is 4.58. The molecular weight excluding hydrogens is 244 g/mol.